The van der Waals surface area contributed by atoms with Crippen LogP contribution in [0.3, 0.4) is 0 Å². The molecule has 4 rings (SSSR count). The Morgan fingerprint density at radius 2 is 1.25 bits per heavy atom. The van der Waals surface area contributed by atoms with E-state index < -0.39 is 0 Å². The van der Waals surface area contributed by atoms with E-state index in [2.05, 4.69) is 15.9 Å². The molecule has 0 bridgehead atoms. The fraction of sp³-hybridized carbons (Fsp3) is 0.217. The first-order valence-electron chi connectivity index (χ1n) is 9.46. The smallest absolute Gasteiger partial charge is 0.255 e. The molecule has 0 spiro atoms. The molecule has 142 valence electrons. The molecule has 1 saturated heterocycles. The standard InChI is InChI=1S/C23H21BrN2O2/c24-21-12-4-3-10-20(21)23(28)26-14-6-13-25(15-16-26)22(27)19-11-5-8-17-7-1-2-9-18(17)19/h1-5,7-12H,6,13-16H2. The van der Waals surface area contributed by atoms with E-state index in [1.807, 2.05) is 76.5 Å². The number of nitrogens with zero attached hydrogens (tertiary/aromatic N) is 2. The highest BCUT2D eigenvalue weighted by Gasteiger charge is 2.25. The van der Waals surface area contributed by atoms with E-state index in [0.29, 0.717) is 31.7 Å². The molecule has 3 aromatic carbocycles. The lowest BCUT2D eigenvalue weighted by atomic mass is 10.0. The minimum Gasteiger partial charge on any atom is -0.337 e. The Hall–Kier alpha value is -2.66. The van der Waals surface area contributed by atoms with Gasteiger partial charge in [-0.1, -0.05) is 48.5 Å². The van der Waals surface area contributed by atoms with Gasteiger partial charge in [0.05, 0.1) is 5.56 Å². The molecule has 0 aromatic heterocycles. The SMILES string of the molecule is O=C(c1ccccc1Br)N1CCCN(C(=O)c2cccc3ccccc23)CC1. The van der Waals surface area contributed by atoms with Crippen molar-refractivity contribution >= 4 is 38.5 Å². The van der Waals surface area contributed by atoms with Crippen molar-refractivity contribution < 1.29 is 9.59 Å². The first-order valence-corrected chi connectivity index (χ1v) is 10.3. The molecule has 0 atom stereocenters. The fourth-order valence-corrected chi connectivity index (χ4v) is 4.17. The maximum Gasteiger partial charge on any atom is 0.255 e. The van der Waals surface area contributed by atoms with Crippen molar-refractivity contribution in [3.05, 3.63) is 82.3 Å². The number of fused-ring (bicyclic) bond motifs is 1. The zero-order valence-corrected chi connectivity index (χ0v) is 17.1. The van der Waals surface area contributed by atoms with E-state index in [1.165, 1.54) is 0 Å². The zero-order chi connectivity index (χ0) is 19.5. The first-order chi connectivity index (χ1) is 13.6. The number of rotatable bonds is 2. The molecule has 1 heterocycles. The highest BCUT2D eigenvalue weighted by molar-refractivity contribution is 9.10. The molecule has 0 radical (unpaired) electrons. The number of benzene rings is 3. The topological polar surface area (TPSA) is 40.6 Å². The zero-order valence-electron chi connectivity index (χ0n) is 15.5. The highest BCUT2D eigenvalue weighted by atomic mass is 79.9. The van der Waals surface area contributed by atoms with Crippen molar-refractivity contribution in [1.82, 2.24) is 9.80 Å². The summed E-state index contributed by atoms with van der Waals surface area (Å²) in [4.78, 5) is 29.8. The summed E-state index contributed by atoms with van der Waals surface area (Å²) >= 11 is 3.46. The molecule has 4 nitrogen and oxygen atoms in total. The van der Waals surface area contributed by atoms with Crippen LogP contribution in [0, 0.1) is 0 Å². The van der Waals surface area contributed by atoms with E-state index in [4.69, 9.17) is 0 Å². The average Bonchev–Trinajstić information content (AvgIpc) is 2.99. The van der Waals surface area contributed by atoms with Gasteiger partial charge < -0.3 is 9.80 Å². The molecule has 0 N–H and O–H groups in total. The van der Waals surface area contributed by atoms with Crippen LogP contribution in [0.2, 0.25) is 0 Å². The van der Waals surface area contributed by atoms with Gasteiger partial charge in [-0.25, -0.2) is 0 Å². The quantitative estimate of drug-likeness (QED) is 0.589. The minimum absolute atomic E-state index is 0.00642. The number of amides is 2. The summed E-state index contributed by atoms with van der Waals surface area (Å²) in [5, 5.41) is 2.04. The Morgan fingerprint density at radius 3 is 2.00 bits per heavy atom. The van der Waals surface area contributed by atoms with Crippen LogP contribution < -0.4 is 0 Å². The Labute approximate surface area is 172 Å². The normalized spacial score (nSPS) is 14.8. The predicted molar refractivity (Wildman–Crippen MR) is 115 cm³/mol. The first kappa shape index (κ1) is 18.7. The van der Waals surface area contributed by atoms with E-state index in [9.17, 15) is 9.59 Å². The monoisotopic (exact) mass is 436 g/mol. The van der Waals surface area contributed by atoms with E-state index in [1.54, 1.807) is 0 Å². The summed E-state index contributed by atoms with van der Waals surface area (Å²) in [5.74, 6) is 0.0407. The molecule has 28 heavy (non-hydrogen) atoms. The van der Waals surface area contributed by atoms with Crippen molar-refractivity contribution in [1.29, 1.82) is 0 Å². The van der Waals surface area contributed by atoms with Gasteiger partial charge in [0, 0.05) is 36.2 Å². The lowest BCUT2D eigenvalue weighted by Gasteiger charge is -2.23. The molecule has 0 saturated carbocycles. The van der Waals surface area contributed by atoms with E-state index in [-0.39, 0.29) is 11.8 Å². The Balaban J connectivity index is 1.52. The molecular weight excluding hydrogens is 416 g/mol. The molecule has 2 amide bonds. The number of hydrogen-bond acceptors (Lipinski definition) is 2. The summed E-state index contributed by atoms with van der Waals surface area (Å²) in [5.41, 5.74) is 1.39. The number of halogens is 1. The maximum atomic E-state index is 13.2. The lowest BCUT2D eigenvalue weighted by Crippen LogP contribution is -2.37. The highest BCUT2D eigenvalue weighted by Crippen LogP contribution is 2.22. The van der Waals surface area contributed by atoms with Crippen LogP contribution in [0.4, 0.5) is 0 Å². The maximum absolute atomic E-state index is 13.2. The van der Waals surface area contributed by atoms with Gasteiger partial charge in [-0.3, -0.25) is 9.59 Å². The largest absolute Gasteiger partial charge is 0.337 e. The van der Waals surface area contributed by atoms with E-state index >= 15 is 0 Å². The average molecular weight is 437 g/mol. The second kappa shape index (κ2) is 8.15. The second-order valence-electron chi connectivity index (χ2n) is 6.94. The third kappa shape index (κ3) is 3.67. The molecule has 0 unspecified atom stereocenters. The summed E-state index contributed by atoms with van der Waals surface area (Å²) in [7, 11) is 0. The molecule has 0 aliphatic carbocycles. The van der Waals surface area contributed by atoms with Gasteiger partial charge in [0.15, 0.2) is 0 Å². The van der Waals surface area contributed by atoms with Gasteiger partial charge in [0.1, 0.15) is 0 Å². The predicted octanol–water partition coefficient (Wildman–Crippen LogP) is 4.59. The van der Waals surface area contributed by atoms with Gasteiger partial charge in [-0.15, -0.1) is 0 Å². The van der Waals surface area contributed by atoms with Crippen LogP contribution >= 0.6 is 15.9 Å². The van der Waals surface area contributed by atoms with Crippen LogP contribution in [-0.2, 0) is 0 Å². The van der Waals surface area contributed by atoms with Crippen molar-refractivity contribution in [2.75, 3.05) is 26.2 Å². The van der Waals surface area contributed by atoms with E-state index in [0.717, 1.165) is 27.2 Å². The van der Waals surface area contributed by atoms with Gasteiger partial charge in [0.2, 0.25) is 0 Å². The van der Waals surface area contributed by atoms with Crippen molar-refractivity contribution in [3.63, 3.8) is 0 Å². The van der Waals surface area contributed by atoms with Gasteiger partial charge in [-0.2, -0.15) is 0 Å². The Morgan fingerprint density at radius 1 is 0.679 bits per heavy atom. The third-order valence-corrected chi connectivity index (χ3v) is 5.89. The van der Waals surface area contributed by atoms with Crippen molar-refractivity contribution in [3.8, 4) is 0 Å². The van der Waals surface area contributed by atoms with Crippen LogP contribution in [0.15, 0.2) is 71.2 Å². The lowest BCUT2D eigenvalue weighted by molar-refractivity contribution is 0.0719. The molecule has 1 fully saturated rings. The van der Waals surface area contributed by atoms with Crippen LogP contribution in [0.1, 0.15) is 27.1 Å². The van der Waals surface area contributed by atoms with Crippen LogP contribution in [-0.4, -0.2) is 47.8 Å². The summed E-state index contributed by atoms with van der Waals surface area (Å²) in [6, 6.07) is 21.3. The second-order valence-corrected chi connectivity index (χ2v) is 7.80. The van der Waals surface area contributed by atoms with Crippen LogP contribution in [0.5, 0.6) is 0 Å². The van der Waals surface area contributed by atoms with Gasteiger partial charge in [-0.05, 0) is 51.3 Å². The molecular formula is C23H21BrN2O2. The summed E-state index contributed by atoms with van der Waals surface area (Å²) in [6.07, 6.45) is 0.771. The molecule has 1 aliphatic rings. The fourth-order valence-electron chi connectivity index (χ4n) is 3.71. The van der Waals surface area contributed by atoms with Crippen molar-refractivity contribution in [2.45, 2.75) is 6.42 Å². The van der Waals surface area contributed by atoms with Gasteiger partial charge in [0.25, 0.3) is 11.8 Å². The third-order valence-electron chi connectivity index (χ3n) is 5.19. The Bertz CT molecular complexity index is 1030. The van der Waals surface area contributed by atoms with Crippen molar-refractivity contribution in [2.24, 2.45) is 0 Å². The Kier molecular flexibility index (Phi) is 5.44. The summed E-state index contributed by atoms with van der Waals surface area (Å²) < 4.78 is 0.799. The van der Waals surface area contributed by atoms with Gasteiger partial charge >= 0.3 is 0 Å². The number of carbonyl (C=O) groups excluding carboxylic acids is 2. The van der Waals surface area contributed by atoms with Crippen LogP contribution in [0.25, 0.3) is 10.8 Å². The number of hydrogen-bond donors (Lipinski definition) is 0. The molecule has 5 heteroatoms. The number of carbonyl (C=O) groups is 2. The summed E-state index contributed by atoms with van der Waals surface area (Å²) in [6.45, 7) is 2.39. The molecule has 1 aliphatic heterocycles. The molecule has 3 aromatic rings. The minimum atomic E-state index is 0.00642.